The summed E-state index contributed by atoms with van der Waals surface area (Å²) < 4.78 is 0.765. The Hall–Kier alpha value is -0.570. The second-order valence-electron chi connectivity index (χ2n) is 3.91. The predicted molar refractivity (Wildman–Crippen MR) is 79.8 cm³/mol. The molecule has 0 bridgehead atoms. The number of hydrogen-bond donors (Lipinski definition) is 3. The molecule has 1 aliphatic heterocycles. The van der Waals surface area contributed by atoms with Crippen LogP contribution in [0.25, 0.3) is 0 Å². The van der Waals surface area contributed by atoms with Crippen molar-refractivity contribution in [3.8, 4) is 0 Å². The van der Waals surface area contributed by atoms with E-state index in [1.807, 2.05) is 11.8 Å². The van der Waals surface area contributed by atoms with Gasteiger partial charge in [0.25, 0.3) is 0 Å². The first-order valence-corrected chi connectivity index (χ1v) is 7.77. The van der Waals surface area contributed by atoms with Crippen LogP contribution in [0.5, 0.6) is 0 Å². The van der Waals surface area contributed by atoms with Crippen molar-refractivity contribution >= 4 is 39.3 Å². The number of nitrogen functional groups attached to an aromatic ring is 1. The highest BCUT2D eigenvalue weighted by molar-refractivity contribution is 9.10. The van der Waals surface area contributed by atoms with Crippen LogP contribution in [0.15, 0.2) is 10.8 Å². The first-order chi connectivity index (χ1) is 8.81. The molecule has 2 rings (SSSR count). The Morgan fingerprint density at radius 1 is 1.33 bits per heavy atom. The van der Waals surface area contributed by atoms with Crippen LogP contribution < -0.4 is 16.6 Å². The number of rotatable bonds is 5. The minimum absolute atomic E-state index is 0.585. The van der Waals surface area contributed by atoms with Gasteiger partial charge in [0.1, 0.15) is 16.6 Å². The fourth-order valence-corrected chi connectivity index (χ4v) is 3.19. The second-order valence-corrected chi connectivity index (χ2v) is 5.93. The highest BCUT2D eigenvalue weighted by Crippen LogP contribution is 2.25. The summed E-state index contributed by atoms with van der Waals surface area (Å²) in [4.78, 5) is 10.6. The molecule has 0 radical (unpaired) electrons. The molecule has 6 nitrogen and oxygen atoms in total. The zero-order chi connectivity index (χ0) is 12.8. The van der Waals surface area contributed by atoms with E-state index in [9.17, 15) is 0 Å². The Morgan fingerprint density at radius 3 is 2.78 bits per heavy atom. The molecule has 100 valence electrons. The van der Waals surface area contributed by atoms with E-state index >= 15 is 0 Å². The molecule has 18 heavy (non-hydrogen) atoms. The third kappa shape index (κ3) is 3.71. The maximum atomic E-state index is 5.36. The molecule has 0 aromatic carbocycles. The van der Waals surface area contributed by atoms with Crippen LogP contribution >= 0.6 is 27.7 Å². The summed E-state index contributed by atoms with van der Waals surface area (Å²) in [5.74, 6) is 9.18. The zero-order valence-corrected chi connectivity index (χ0v) is 12.4. The Labute approximate surface area is 119 Å². The molecule has 1 aromatic rings. The second kappa shape index (κ2) is 7.13. The van der Waals surface area contributed by atoms with Gasteiger partial charge in [0, 0.05) is 37.7 Å². The Bertz CT molecular complexity index is 385. The highest BCUT2D eigenvalue weighted by atomic mass is 79.9. The van der Waals surface area contributed by atoms with Gasteiger partial charge in [0.15, 0.2) is 5.82 Å². The molecule has 1 saturated heterocycles. The fourth-order valence-electron chi connectivity index (χ4n) is 1.75. The molecule has 0 spiro atoms. The van der Waals surface area contributed by atoms with Crippen LogP contribution in [0.1, 0.15) is 0 Å². The lowest BCUT2D eigenvalue weighted by Gasteiger charge is -2.26. The van der Waals surface area contributed by atoms with Gasteiger partial charge in [-0.25, -0.2) is 15.8 Å². The van der Waals surface area contributed by atoms with Crippen molar-refractivity contribution in [1.82, 2.24) is 14.9 Å². The third-order valence-corrected chi connectivity index (χ3v) is 4.44. The zero-order valence-electron chi connectivity index (χ0n) is 10.0. The topological polar surface area (TPSA) is 79.1 Å². The van der Waals surface area contributed by atoms with Gasteiger partial charge in [0.05, 0.1) is 0 Å². The molecule has 1 aromatic heterocycles. The number of nitrogens with two attached hydrogens (primary N) is 1. The van der Waals surface area contributed by atoms with Gasteiger partial charge in [-0.15, -0.1) is 0 Å². The summed E-state index contributed by atoms with van der Waals surface area (Å²) >= 11 is 5.44. The van der Waals surface area contributed by atoms with Gasteiger partial charge < -0.3 is 10.7 Å². The molecule has 4 N–H and O–H groups in total. The van der Waals surface area contributed by atoms with Crippen LogP contribution in [-0.4, -0.2) is 52.6 Å². The average molecular weight is 333 g/mol. The summed E-state index contributed by atoms with van der Waals surface area (Å²) in [5.41, 5.74) is 2.52. The van der Waals surface area contributed by atoms with Crippen molar-refractivity contribution in [1.29, 1.82) is 0 Å². The van der Waals surface area contributed by atoms with Crippen LogP contribution in [0.3, 0.4) is 0 Å². The lowest BCUT2D eigenvalue weighted by Crippen LogP contribution is -2.36. The van der Waals surface area contributed by atoms with Crippen molar-refractivity contribution in [2.45, 2.75) is 0 Å². The molecular weight excluding hydrogens is 316 g/mol. The minimum Gasteiger partial charge on any atom is -0.368 e. The molecule has 2 heterocycles. The van der Waals surface area contributed by atoms with E-state index in [1.54, 1.807) is 0 Å². The normalized spacial score (nSPS) is 16.6. The van der Waals surface area contributed by atoms with Crippen molar-refractivity contribution in [3.05, 3.63) is 10.8 Å². The van der Waals surface area contributed by atoms with Gasteiger partial charge in [0.2, 0.25) is 0 Å². The van der Waals surface area contributed by atoms with E-state index in [2.05, 4.69) is 41.5 Å². The number of hydrazine groups is 1. The van der Waals surface area contributed by atoms with E-state index in [1.165, 1.54) is 30.9 Å². The fraction of sp³-hybridized carbons (Fsp3) is 0.600. The summed E-state index contributed by atoms with van der Waals surface area (Å²) in [5, 5.41) is 3.29. The number of nitrogens with one attached hydrogen (secondary N) is 2. The van der Waals surface area contributed by atoms with Crippen LogP contribution in [0.2, 0.25) is 0 Å². The standard InChI is InChI=1S/C10H17BrN6S/c11-8-9(14-7-15-10(8)16-12)13-1-2-17-3-5-18-6-4-17/h7H,1-6,12H2,(H2,13,14,15,16). The lowest BCUT2D eigenvalue weighted by molar-refractivity contribution is 0.314. The predicted octanol–water partition coefficient (Wildman–Crippen LogP) is 0.985. The first-order valence-electron chi connectivity index (χ1n) is 5.82. The van der Waals surface area contributed by atoms with Crippen LogP contribution in [-0.2, 0) is 0 Å². The van der Waals surface area contributed by atoms with E-state index in [0.717, 1.165) is 23.4 Å². The third-order valence-electron chi connectivity index (χ3n) is 2.75. The highest BCUT2D eigenvalue weighted by Gasteiger charge is 2.11. The largest absolute Gasteiger partial charge is 0.368 e. The number of aromatic nitrogens is 2. The Balaban J connectivity index is 1.82. The Morgan fingerprint density at radius 2 is 2.06 bits per heavy atom. The minimum atomic E-state index is 0.585. The van der Waals surface area contributed by atoms with Gasteiger partial charge in [-0.3, -0.25) is 4.90 Å². The maximum Gasteiger partial charge on any atom is 0.159 e. The number of thioether (sulfide) groups is 1. The number of nitrogens with zero attached hydrogens (tertiary/aromatic N) is 3. The Kier molecular flexibility index (Phi) is 5.48. The molecule has 1 fully saturated rings. The summed E-state index contributed by atoms with van der Waals surface area (Å²) in [6, 6.07) is 0. The molecule has 1 aliphatic rings. The number of hydrogen-bond acceptors (Lipinski definition) is 7. The van der Waals surface area contributed by atoms with Crippen molar-refractivity contribution in [2.75, 3.05) is 48.4 Å². The lowest BCUT2D eigenvalue weighted by atomic mass is 10.4. The van der Waals surface area contributed by atoms with E-state index < -0.39 is 0 Å². The molecule has 0 aliphatic carbocycles. The van der Waals surface area contributed by atoms with Gasteiger partial charge in [-0.1, -0.05) is 0 Å². The molecule has 0 atom stereocenters. The SMILES string of the molecule is NNc1ncnc(NCCN2CCSCC2)c1Br. The summed E-state index contributed by atoms with van der Waals surface area (Å²) in [6.07, 6.45) is 1.49. The molecule has 0 saturated carbocycles. The molecular formula is C10H17BrN6S. The van der Waals surface area contributed by atoms with Crippen LogP contribution in [0.4, 0.5) is 11.6 Å². The average Bonchev–Trinajstić information content (AvgIpc) is 2.42. The quantitative estimate of drug-likeness (QED) is 0.548. The van der Waals surface area contributed by atoms with E-state index in [0.29, 0.717) is 5.82 Å². The summed E-state index contributed by atoms with van der Waals surface area (Å²) in [7, 11) is 0. The molecule has 0 unspecified atom stereocenters. The number of halogens is 1. The smallest absolute Gasteiger partial charge is 0.159 e. The van der Waals surface area contributed by atoms with Crippen molar-refractivity contribution in [3.63, 3.8) is 0 Å². The van der Waals surface area contributed by atoms with Gasteiger partial charge >= 0.3 is 0 Å². The van der Waals surface area contributed by atoms with Gasteiger partial charge in [-0.2, -0.15) is 11.8 Å². The monoisotopic (exact) mass is 332 g/mol. The van der Waals surface area contributed by atoms with Gasteiger partial charge in [-0.05, 0) is 15.9 Å². The van der Waals surface area contributed by atoms with E-state index in [4.69, 9.17) is 5.84 Å². The molecule has 0 amide bonds. The molecule has 8 heteroatoms. The van der Waals surface area contributed by atoms with Crippen molar-refractivity contribution < 1.29 is 0 Å². The van der Waals surface area contributed by atoms with Crippen molar-refractivity contribution in [2.24, 2.45) is 5.84 Å². The van der Waals surface area contributed by atoms with E-state index in [-0.39, 0.29) is 0 Å². The van der Waals surface area contributed by atoms with Crippen LogP contribution in [0, 0.1) is 0 Å². The summed E-state index contributed by atoms with van der Waals surface area (Å²) in [6.45, 7) is 4.24. The maximum absolute atomic E-state index is 5.36. The first kappa shape index (κ1) is 13.9. The number of anilines is 2.